The molecule has 0 amide bonds. The van der Waals surface area contributed by atoms with Gasteiger partial charge in [0.05, 0.1) is 11.2 Å². The summed E-state index contributed by atoms with van der Waals surface area (Å²) in [4.78, 5) is 2.11. The predicted octanol–water partition coefficient (Wildman–Crippen LogP) is 5.35. The van der Waals surface area contributed by atoms with Crippen molar-refractivity contribution in [1.29, 1.82) is 0 Å². The zero-order valence-electron chi connectivity index (χ0n) is 14.7. The van der Waals surface area contributed by atoms with Crippen LogP contribution in [0.15, 0.2) is 46.9 Å². The Morgan fingerprint density at radius 3 is 2.64 bits per heavy atom. The Morgan fingerprint density at radius 1 is 1.16 bits per heavy atom. The highest BCUT2D eigenvalue weighted by Crippen LogP contribution is 2.35. The summed E-state index contributed by atoms with van der Waals surface area (Å²) in [5, 5.41) is 1.79. The molecule has 132 valence electrons. The molecule has 2 aromatic carbocycles. The smallest absolute Gasteiger partial charge is 0.147 e. The average molecular weight is 422 g/mol. The normalized spacial score (nSPS) is 11.4. The molecule has 0 spiro atoms. The second kappa shape index (κ2) is 7.81. The van der Waals surface area contributed by atoms with Crippen molar-refractivity contribution < 1.29 is 4.74 Å². The molecule has 0 aliphatic rings. The number of fused-ring (bicyclic) bond motifs is 1. The Bertz CT molecular complexity index is 889. The summed E-state index contributed by atoms with van der Waals surface area (Å²) in [6, 6.07) is 14.3. The average Bonchev–Trinajstić information content (AvgIpc) is 2.81. The van der Waals surface area contributed by atoms with E-state index in [1.165, 1.54) is 5.56 Å². The molecule has 0 N–H and O–H groups in total. The number of likely N-dealkylation sites (N-methyl/N-ethyl adjacent to an activating group) is 1. The zero-order valence-corrected chi connectivity index (χ0v) is 17.1. The van der Waals surface area contributed by atoms with Crippen LogP contribution < -0.4 is 4.74 Å². The first-order valence-electron chi connectivity index (χ1n) is 8.26. The third kappa shape index (κ3) is 4.02. The van der Waals surface area contributed by atoms with Crippen LogP contribution in [0.1, 0.15) is 11.3 Å². The van der Waals surface area contributed by atoms with Crippen LogP contribution in [0.4, 0.5) is 0 Å². The van der Waals surface area contributed by atoms with Gasteiger partial charge in [0, 0.05) is 28.0 Å². The number of hydrogen-bond acceptors (Lipinski definition) is 2. The van der Waals surface area contributed by atoms with Crippen molar-refractivity contribution in [2.75, 3.05) is 27.2 Å². The fraction of sp³-hybridized carbons (Fsp3) is 0.300. The second-order valence-corrected chi connectivity index (χ2v) is 7.70. The monoisotopic (exact) mass is 420 g/mol. The maximum atomic E-state index is 6.24. The Morgan fingerprint density at radius 2 is 1.92 bits per heavy atom. The van der Waals surface area contributed by atoms with Gasteiger partial charge in [0.2, 0.25) is 0 Å². The summed E-state index contributed by atoms with van der Waals surface area (Å²) < 4.78 is 9.53. The van der Waals surface area contributed by atoms with Gasteiger partial charge in [-0.3, -0.25) is 0 Å². The molecule has 0 atom stereocenters. The van der Waals surface area contributed by atoms with Crippen LogP contribution in [-0.4, -0.2) is 36.7 Å². The van der Waals surface area contributed by atoms with E-state index in [2.05, 4.69) is 56.6 Å². The maximum Gasteiger partial charge on any atom is 0.147 e. The van der Waals surface area contributed by atoms with Crippen LogP contribution in [-0.2, 0) is 6.54 Å². The van der Waals surface area contributed by atoms with Crippen molar-refractivity contribution in [2.45, 2.75) is 13.5 Å². The van der Waals surface area contributed by atoms with Crippen molar-refractivity contribution in [1.82, 2.24) is 9.47 Å². The van der Waals surface area contributed by atoms with Gasteiger partial charge in [-0.1, -0.05) is 45.7 Å². The van der Waals surface area contributed by atoms with Gasteiger partial charge in [0.1, 0.15) is 12.4 Å². The fourth-order valence-electron chi connectivity index (χ4n) is 2.94. The van der Waals surface area contributed by atoms with Gasteiger partial charge in [0.25, 0.3) is 0 Å². The zero-order chi connectivity index (χ0) is 18.0. The summed E-state index contributed by atoms with van der Waals surface area (Å²) in [5.74, 6) is 0.923. The van der Waals surface area contributed by atoms with E-state index in [9.17, 15) is 0 Å². The number of aromatic nitrogens is 1. The Labute approximate surface area is 162 Å². The highest BCUT2D eigenvalue weighted by Gasteiger charge is 2.16. The summed E-state index contributed by atoms with van der Waals surface area (Å²) in [7, 11) is 4.09. The predicted molar refractivity (Wildman–Crippen MR) is 109 cm³/mol. The Hall–Kier alpha value is -1.49. The molecule has 3 aromatic rings. The Balaban J connectivity index is 2.03. The molecule has 0 fully saturated rings. The van der Waals surface area contributed by atoms with Gasteiger partial charge in [-0.05, 0) is 50.8 Å². The van der Waals surface area contributed by atoms with Gasteiger partial charge in [-0.2, -0.15) is 0 Å². The van der Waals surface area contributed by atoms with E-state index in [1.807, 2.05) is 32.3 Å². The minimum atomic E-state index is 0.647. The van der Waals surface area contributed by atoms with Gasteiger partial charge >= 0.3 is 0 Å². The van der Waals surface area contributed by atoms with Crippen LogP contribution >= 0.6 is 27.5 Å². The molecule has 3 nitrogen and oxygen atoms in total. The van der Waals surface area contributed by atoms with E-state index >= 15 is 0 Å². The van der Waals surface area contributed by atoms with Crippen LogP contribution in [0, 0.1) is 6.92 Å². The van der Waals surface area contributed by atoms with Crippen LogP contribution in [0.25, 0.3) is 10.9 Å². The molecule has 3 rings (SSSR count). The van der Waals surface area contributed by atoms with E-state index < -0.39 is 0 Å². The van der Waals surface area contributed by atoms with Crippen molar-refractivity contribution >= 4 is 38.4 Å². The standard InChI is InChI=1S/C20H22BrClN2O/c1-14-20(25-11-10-23(2)3)17-12-16(22)8-9-19(17)24(14)13-15-6-4-5-7-18(15)21/h4-9,12H,10-11,13H2,1-3H3. The first kappa shape index (κ1) is 18.3. The molecule has 0 aliphatic carbocycles. The van der Waals surface area contributed by atoms with Crippen molar-refractivity contribution in [3.8, 4) is 5.75 Å². The number of nitrogens with zero attached hydrogens (tertiary/aromatic N) is 2. The molecular formula is C20H22BrClN2O. The van der Waals surface area contributed by atoms with Crippen molar-refractivity contribution in [3.63, 3.8) is 0 Å². The minimum Gasteiger partial charge on any atom is -0.490 e. The molecule has 25 heavy (non-hydrogen) atoms. The molecule has 1 aromatic heterocycles. The number of ether oxygens (including phenoxy) is 1. The van der Waals surface area contributed by atoms with Gasteiger partial charge in [-0.15, -0.1) is 0 Å². The molecule has 0 aliphatic heterocycles. The topological polar surface area (TPSA) is 17.4 Å². The van der Waals surface area contributed by atoms with Crippen LogP contribution in [0.3, 0.4) is 0 Å². The first-order chi connectivity index (χ1) is 12.0. The third-order valence-electron chi connectivity index (χ3n) is 4.30. The molecule has 0 saturated carbocycles. The highest BCUT2D eigenvalue weighted by molar-refractivity contribution is 9.10. The minimum absolute atomic E-state index is 0.647. The lowest BCUT2D eigenvalue weighted by Crippen LogP contribution is -2.19. The van der Waals surface area contributed by atoms with Crippen LogP contribution in [0.5, 0.6) is 5.75 Å². The van der Waals surface area contributed by atoms with E-state index in [1.54, 1.807) is 0 Å². The summed E-state index contributed by atoms with van der Waals surface area (Å²) in [6.45, 7) is 4.41. The summed E-state index contributed by atoms with van der Waals surface area (Å²) in [6.07, 6.45) is 0. The van der Waals surface area contributed by atoms with Crippen LogP contribution in [0.2, 0.25) is 5.02 Å². The van der Waals surface area contributed by atoms with E-state index in [0.29, 0.717) is 6.61 Å². The van der Waals surface area contributed by atoms with Gasteiger partial charge in [0.15, 0.2) is 0 Å². The lowest BCUT2D eigenvalue weighted by atomic mass is 10.2. The van der Waals surface area contributed by atoms with Crippen molar-refractivity contribution in [2.24, 2.45) is 0 Å². The molecule has 5 heteroatoms. The molecule has 0 radical (unpaired) electrons. The number of benzene rings is 2. The fourth-order valence-corrected chi connectivity index (χ4v) is 3.52. The van der Waals surface area contributed by atoms with Gasteiger partial charge < -0.3 is 14.2 Å². The van der Waals surface area contributed by atoms with E-state index in [-0.39, 0.29) is 0 Å². The largest absolute Gasteiger partial charge is 0.490 e. The lowest BCUT2D eigenvalue weighted by molar-refractivity contribution is 0.262. The van der Waals surface area contributed by atoms with E-state index in [0.717, 1.165) is 44.9 Å². The number of rotatable bonds is 6. The van der Waals surface area contributed by atoms with Gasteiger partial charge in [-0.25, -0.2) is 0 Å². The quantitative estimate of drug-likeness (QED) is 0.533. The second-order valence-electron chi connectivity index (χ2n) is 6.41. The Kier molecular flexibility index (Phi) is 5.72. The summed E-state index contributed by atoms with van der Waals surface area (Å²) in [5.41, 5.74) is 3.49. The summed E-state index contributed by atoms with van der Waals surface area (Å²) >= 11 is 9.89. The molecule has 0 bridgehead atoms. The molecule has 0 saturated heterocycles. The maximum absolute atomic E-state index is 6.24. The number of halogens is 2. The lowest BCUT2D eigenvalue weighted by Gasteiger charge is -2.12. The van der Waals surface area contributed by atoms with E-state index in [4.69, 9.17) is 16.3 Å². The van der Waals surface area contributed by atoms with Crippen molar-refractivity contribution in [3.05, 3.63) is 63.2 Å². The molecule has 0 unspecified atom stereocenters. The SMILES string of the molecule is Cc1c(OCCN(C)C)c2cc(Cl)ccc2n1Cc1ccccc1Br. The molecular weight excluding hydrogens is 400 g/mol. The third-order valence-corrected chi connectivity index (χ3v) is 5.31. The first-order valence-corrected chi connectivity index (χ1v) is 9.43. The number of hydrogen-bond donors (Lipinski definition) is 0. The highest BCUT2D eigenvalue weighted by atomic mass is 79.9. The molecule has 1 heterocycles.